The van der Waals surface area contributed by atoms with E-state index in [9.17, 15) is 14.6 Å². The maximum Gasteiger partial charge on any atom is 0.472 e. The number of phosphoric acid groups is 1. The summed E-state index contributed by atoms with van der Waals surface area (Å²) in [4.78, 5) is 9.83. The Morgan fingerprint density at radius 2 is 1.05 bits per heavy atom. The standard InChI is InChI=1S/C34H64NO6P/c1-2-3-4-5-6-7-8-9-10-11-12-13-14-16-19-25-30-39-32-34(36)33-41-42(37,38)40-31-26-20-17-15-18-22-27-35-28-23-21-24-29-35/h21,23-24,28-29,34,36H,2-20,22,25-27,30-33H2,1H3/p+1. The number of aromatic nitrogens is 1. The van der Waals surface area contributed by atoms with Gasteiger partial charge >= 0.3 is 7.82 Å². The van der Waals surface area contributed by atoms with Crippen molar-refractivity contribution >= 4 is 7.82 Å². The van der Waals surface area contributed by atoms with Crippen LogP contribution in [-0.2, 0) is 24.9 Å². The van der Waals surface area contributed by atoms with Crippen LogP contribution in [0.5, 0.6) is 0 Å². The quantitative estimate of drug-likeness (QED) is 0.0478. The molecule has 42 heavy (non-hydrogen) atoms. The van der Waals surface area contributed by atoms with E-state index in [1.807, 2.05) is 18.2 Å². The summed E-state index contributed by atoms with van der Waals surface area (Å²) in [5.74, 6) is 0. The van der Waals surface area contributed by atoms with E-state index < -0.39 is 13.9 Å². The van der Waals surface area contributed by atoms with Gasteiger partial charge in [-0.15, -0.1) is 0 Å². The topological polar surface area (TPSA) is 89.1 Å². The van der Waals surface area contributed by atoms with Crippen molar-refractivity contribution in [3.05, 3.63) is 30.6 Å². The van der Waals surface area contributed by atoms with E-state index in [-0.39, 0.29) is 19.8 Å². The Hall–Kier alpha value is -0.820. The SMILES string of the molecule is CCCCCCCCCCCCCCCCCCOCC(O)COP(=O)(O)OCCCCCCCC[n+]1ccccc1. The number of aliphatic hydroxyl groups excluding tert-OH is 1. The number of nitrogens with zero attached hydrogens (tertiary/aromatic N) is 1. The van der Waals surface area contributed by atoms with Crippen molar-refractivity contribution in [2.45, 2.75) is 161 Å². The van der Waals surface area contributed by atoms with Crippen molar-refractivity contribution in [3.8, 4) is 0 Å². The van der Waals surface area contributed by atoms with Gasteiger partial charge in [0.05, 0.1) is 19.8 Å². The minimum absolute atomic E-state index is 0.0987. The largest absolute Gasteiger partial charge is 0.472 e. The number of aryl methyl sites for hydroxylation is 1. The van der Waals surface area contributed by atoms with Gasteiger partial charge in [-0.2, -0.15) is 0 Å². The Morgan fingerprint density at radius 1 is 0.595 bits per heavy atom. The molecule has 0 aromatic carbocycles. The monoisotopic (exact) mass is 614 g/mol. The number of pyridine rings is 1. The highest BCUT2D eigenvalue weighted by molar-refractivity contribution is 7.47. The predicted octanol–water partition coefficient (Wildman–Crippen LogP) is 9.09. The lowest BCUT2D eigenvalue weighted by molar-refractivity contribution is -0.697. The van der Waals surface area contributed by atoms with E-state index in [4.69, 9.17) is 13.8 Å². The predicted molar refractivity (Wildman–Crippen MR) is 172 cm³/mol. The maximum absolute atomic E-state index is 12.0. The molecule has 0 spiro atoms. The lowest BCUT2D eigenvalue weighted by Crippen LogP contribution is -2.32. The Balaban J connectivity index is 1.81. The Morgan fingerprint density at radius 3 is 1.57 bits per heavy atom. The van der Waals surface area contributed by atoms with Gasteiger partial charge in [0.2, 0.25) is 0 Å². The molecule has 1 aromatic rings. The fourth-order valence-electron chi connectivity index (χ4n) is 5.10. The summed E-state index contributed by atoms with van der Waals surface area (Å²) in [7, 11) is -4.14. The highest BCUT2D eigenvalue weighted by Crippen LogP contribution is 2.43. The zero-order chi connectivity index (χ0) is 30.4. The highest BCUT2D eigenvalue weighted by Gasteiger charge is 2.22. The second-order valence-electron chi connectivity index (χ2n) is 11.9. The van der Waals surface area contributed by atoms with Gasteiger partial charge in [-0.1, -0.05) is 129 Å². The molecular weight excluding hydrogens is 549 g/mol. The van der Waals surface area contributed by atoms with E-state index in [2.05, 4.69) is 23.9 Å². The molecule has 2 atom stereocenters. The number of unbranched alkanes of at least 4 members (excludes halogenated alkanes) is 20. The molecule has 0 radical (unpaired) electrons. The van der Waals surface area contributed by atoms with Gasteiger partial charge in [0.15, 0.2) is 12.4 Å². The van der Waals surface area contributed by atoms with Gasteiger partial charge in [0.1, 0.15) is 12.6 Å². The van der Waals surface area contributed by atoms with E-state index in [1.165, 1.54) is 96.3 Å². The molecule has 0 aliphatic rings. The van der Waals surface area contributed by atoms with Crippen LogP contribution >= 0.6 is 7.82 Å². The summed E-state index contributed by atoms with van der Waals surface area (Å²) in [6.07, 6.45) is 30.7. The van der Waals surface area contributed by atoms with E-state index in [0.717, 1.165) is 45.1 Å². The second kappa shape index (κ2) is 28.9. The van der Waals surface area contributed by atoms with Crippen LogP contribution in [0.15, 0.2) is 30.6 Å². The number of ether oxygens (including phenoxy) is 1. The summed E-state index contributed by atoms with van der Waals surface area (Å²) >= 11 is 0. The molecule has 2 N–H and O–H groups in total. The number of phosphoric ester groups is 1. The van der Waals surface area contributed by atoms with Crippen LogP contribution < -0.4 is 4.57 Å². The van der Waals surface area contributed by atoms with Gasteiger partial charge < -0.3 is 14.7 Å². The molecule has 0 aliphatic carbocycles. The van der Waals surface area contributed by atoms with Crippen LogP contribution in [0.2, 0.25) is 0 Å². The molecule has 2 unspecified atom stereocenters. The normalized spacial score (nSPS) is 13.8. The van der Waals surface area contributed by atoms with Gasteiger partial charge in [-0.05, 0) is 19.3 Å². The van der Waals surface area contributed by atoms with E-state index >= 15 is 0 Å². The van der Waals surface area contributed by atoms with Crippen LogP contribution in [0.25, 0.3) is 0 Å². The minimum Gasteiger partial charge on any atom is -0.388 e. The Kier molecular flexibility index (Phi) is 27.0. The molecule has 8 heteroatoms. The van der Waals surface area contributed by atoms with Crippen molar-refractivity contribution in [1.29, 1.82) is 0 Å². The first-order chi connectivity index (χ1) is 20.5. The molecule has 0 aliphatic heterocycles. The van der Waals surface area contributed by atoms with Gasteiger partial charge in [0, 0.05) is 25.2 Å². The number of hydrogen-bond donors (Lipinski definition) is 2. The molecule has 1 aromatic heterocycles. The average molecular weight is 615 g/mol. The molecule has 0 bridgehead atoms. The number of hydrogen-bond acceptors (Lipinski definition) is 5. The molecular formula is C34H65NO6P+. The maximum atomic E-state index is 12.0. The van der Waals surface area contributed by atoms with Crippen LogP contribution in [0, 0.1) is 0 Å². The van der Waals surface area contributed by atoms with Crippen LogP contribution in [-0.4, -0.2) is 42.5 Å². The van der Waals surface area contributed by atoms with Crippen molar-refractivity contribution in [1.82, 2.24) is 0 Å². The summed E-state index contributed by atoms with van der Waals surface area (Å²) in [5, 5.41) is 9.99. The van der Waals surface area contributed by atoms with Gasteiger partial charge in [-0.25, -0.2) is 9.13 Å². The van der Waals surface area contributed by atoms with Gasteiger partial charge in [0.25, 0.3) is 0 Å². The molecule has 7 nitrogen and oxygen atoms in total. The molecule has 1 heterocycles. The van der Waals surface area contributed by atoms with Crippen LogP contribution in [0.4, 0.5) is 0 Å². The summed E-state index contributed by atoms with van der Waals surface area (Å²) in [5.41, 5.74) is 0. The average Bonchev–Trinajstić information content (AvgIpc) is 2.99. The first-order valence-electron chi connectivity index (χ1n) is 17.4. The third-order valence-corrected chi connectivity index (χ3v) is 8.71. The molecule has 0 amide bonds. The van der Waals surface area contributed by atoms with Crippen molar-refractivity contribution in [2.75, 3.05) is 26.4 Å². The minimum atomic E-state index is -4.14. The lowest BCUT2D eigenvalue weighted by Gasteiger charge is -2.15. The van der Waals surface area contributed by atoms with Crippen LogP contribution in [0.3, 0.4) is 0 Å². The van der Waals surface area contributed by atoms with Crippen molar-refractivity contribution in [2.24, 2.45) is 0 Å². The summed E-state index contributed by atoms with van der Waals surface area (Å²) in [6.45, 7) is 3.91. The summed E-state index contributed by atoms with van der Waals surface area (Å²) < 4.78 is 29.7. The zero-order valence-electron chi connectivity index (χ0n) is 27.0. The Labute approximate surface area is 258 Å². The van der Waals surface area contributed by atoms with E-state index in [1.54, 1.807) is 0 Å². The van der Waals surface area contributed by atoms with Gasteiger partial charge in [-0.3, -0.25) is 9.05 Å². The highest BCUT2D eigenvalue weighted by atomic mass is 31.2. The van der Waals surface area contributed by atoms with Crippen molar-refractivity contribution < 1.29 is 32.9 Å². The lowest BCUT2D eigenvalue weighted by atomic mass is 10.0. The van der Waals surface area contributed by atoms with Crippen molar-refractivity contribution in [3.63, 3.8) is 0 Å². The fourth-order valence-corrected chi connectivity index (χ4v) is 5.90. The molecule has 246 valence electrons. The Bertz CT molecular complexity index is 738. The summed E-state index contributed by atoms with van der Waals surface area (Å²) in [6, 6.07) is 6.11. The first-order valence-corrected chi connectivity index (χ1v) is 18.8. The molecule has 1 rings (SSSR count). The van der Waals surface area contributed by atoms with E-state index in [0.29, 0.717) is 13.0 Å². The third-order valence-electron chi connectivity index (χ3n) is 7.72. The zero-order valence-corrected chi connectivity index (χ0v) is 27.9. The second-order valence-corrected chi connectivity index (χ2v) is 13.3. The molecule has 0 saturated carbocycles. The smallest absolute Gasteiger partial charge is 0.388 e. The van der Waals surface area contributed by atoms with Crippen LogP contribution in [0.1, 0.15) is 148 Å². The fraction of sp³-hybridized carbons (Fsp3) is 0.853. The third kappa shape index (κ3) is 26.8. The first kappa shape index (κ1) is 39.2. The number of rotatable bonds is 32. The molecule has 0 saturated heterocycles. The molecule has 0 fully saturated rings. The number of aliphatic hydroxyl groups is 1.